The zero-order chi connectivity index (χ0) is 30.1. The number of rotatable bonds is 14. The van der Waals surface area contributed by atoms with Crippen LogP contribution in [-0.4, -0.2) is 37.9 Å². The average Bonchev–Trinajstić information content (AvgIpc) is 2.96. The predicted octanol–water partition coefficient (Wildman–Crippen LogP) is 5.75. The van der Waals surface area contributed by atoms with Crippen LogP contribution >= 0.6 is 0 Å². The number of nitrogens with one attached hydrogen (secondary N) is 1. The van der Waals surface area contributed by atoms with Crippen molar-refractivity contribution in [2.45, 2.75) is 51.3 Å². The maximum absolute atomic E-state index is 13.2. The molecule has 4 aromatic rings. The number of carboxylic acid groups (broad SMARTS) is 1. The molecule has 0 bridgehead atoms. The van der Waals surface area contributed by atoms with Gasteiger partial charge in [-0.2, -0.15) is 4.98 Å². The smallest absolute Gasteiger partial charge is 0.335 e. The lowest BCUT2D eigenvalue weighted by molar-refractivity contribution is 0.0696. The first-order chi connectivity index (χ1) is 20.2. The summed E-state index contributed by atoms with van der Waals surface area (Å²) in [7, 11) is -1.83. The van der Waals surface area contributed by atoms with Crippen LogP contribution in [0.15, 0.2) is 83.8 Å². The van der Waals surface area contributed by atoms with Crippen LogP contribution in [0.25, 0.3) is 11.3 Å². The maximum Gasteiger partial charge on any atom is 0.335 e. The standard InChI is InChI=1S/C32H36N4O5S/c1-21(2)15-26(33)20-41-29-17-28(34-32(35-29)36-42(39)27-14-8-12-24(16-27)31(37)38)30-22(3)9-7-13-25(30)19-40-18-23-10-5-4-6-11-23/h4-14,16-17,21,26H,15,18-20,33H2,1-3H3,(H,37,38)(H,34,35,36)/t26-,42?/m1/s1. The molecule has 3 aromatic carbocycles. The quantitative estimate of drug-likeness (QED) is 0.169. The van der Waals surface area contributed by atoms with Gasteiger partial charge < -0.3 is 20.3 Å². The Balaban J connectivity index is 1.65. The van der Waals surface area contributed by atoms with Crippen LogP contribution in [0, 0.1) is 12.8 Å². The molecule has 4 rings (SSSR count). The lowest BCUT2D eigenvalue weighted by atomic mass is 9.99. The average molecular weight is 589 g/mol. The number of nitrogens with zero attached hydrogens (tertiary/aromatic N) is 2. The molecule has 4 N–H and O–H groups in total. The molecule has 1 unspecified atom stereocenters. The molecule has 0 aliphatic heterocycles. The molecule has 2 atom stereocenters. The highest BCUT2D eigenvalue weighted by atomic mass is 32.2. The Labute approximate surface area is 248 Å². The van der Waals surface area contributed by atoms with E-state index < -0.39 is 17.0 Å². The number of ether oxygens (including phenoxy) is 2. The van der Waals surface area contributed by atoms with Gasteiger partial charge in [-0.25, -0.2) is 14.0 Å². The number of aromatic carboxylic acids is 1. The molecule has 1 aromatic heterocycles. The van der Waals surface area contributed by atoms with Crippen LogP contribution in [0.3, 0.4) is 0 Å². The minimum Gasteiger partial charge on any atom is -0.478 e. The highest BCUT2D eigenvalue weighted by Crippen LogP contribution is 2.30. The molecular weight excluding hydrogens is 552 g/mol. The third kappa shape index (κ3) is 8.69. The van der Waals surface area contributed by atoms with Gasteiger partial charge in [0, 0.05) is 17.7 Å². The van der Waals surface area contributed by atoms with E-state index in [4.69, 9.17) is 20.2 Å². The first-order valence-electron chi connectivity index (χ1n) is 13.7. The highest BCUT2D eigenvalue weighted by molar-refractivity contribution is 7.86. The number of carboxylic acids is 1. The van der Waals surface area contributed by atoms with Crippen LogP contribution in [0.1, 0.15) is 47.3 Å². The first kappa shape index (κ1) is 30.8. The maximum atomic E-state index is 13.2. The van der Waals surface area contributed by atoms with Gasteiger partial charge in [-0.15, -0.1) is 0 Å². The van der Waals surface area contributed by atoms with Crippen molar-refractivity contribution in [3.05, 3.63) is 101 Å². The first-order valence-corrected chi connectivity index (χ1v) is 14.8. The Kier molecular flexibility index (Phi) is 10.8. The molecule has 0 aliphatic rings. The number of aryl methyl sites for hydroxylation is 1. The van der Waals surface area contributed by atoms with E-state index in [0.29, 0.717) is 24.8 Å². The number of aromatic nitrogens is 2. The number of carbonyl (C=O) groups is 1. The summed E-state index contributed by atoms with van der Waals surface area (Å²) in [6.45, 7) is 7.24. The van der Waals surface area contributed by atoms with Crippen molar-refractivity contribution < 1.29 is 23.6 Å². The van der Waals surface area contributed by atoms with Gasteiger partial charge in [0.25, 0.3) is 0 Å². The molecule has 0 saturated carbocycles. The predicted molar refractivity (Wildman–Crippen MR) is 163 cm³/mol. The van der Waals surface area contributed by atoms with Gasteiger partial charge in [0.15, 0.2) is 11.0 Å². The third-order valence-electron chi connectivity index (χ3n) is 6.39. The SMILES string of the molecule is Cc1cccc(COCc2ccccc2)c1-c1cc(OC[C@H](N)CC(C)C)nc(NS(=O)c2cccc(C(=O)O)c2)n1. The van der Waals surface area contributed by atoms with Crippen molar-refractivity contribution in [2.24, 2.45) is 11.7 Å². The molecule has 0 fully saturated rings. The van der Waals surface area contributed by atoms with Crippen LogP contribution in [0.4, 0.5) is 5.95 Å². The van der Waals surface area contributed by atoms with E-state index in [9.17, 15) is 14.1 Å². The van der Waals surface area contributed by atoms with Crippen LogP contribution in [0.5, 0.6) is 5.88 Å². The summed E-state index contributed by atoms with van der Waals surface area (Å²) in [5.41, 5.74) is 10.7. The van der Waals surface area contributed by atoms with E-state index >= 15 is 0 Å². The van der Waals surface area contributed by atoms with E-state index in [1.165, 1.54) is 18.2 Å². The van der Waals surface area contributed by atoms with Crippen LogP contribution in [-0.2, 0) is 28.9 Å². The number of anilines is 1. The highest BCUT2D eigenvalue weighted by Gasteiger charge is 2.17. The summed E-state index contributed by atoms with van der Waals surface area (Å²) in [6, 6.07) is 23.3. The summed E-state index contributed by atoms with van der Waals surface area (Å²) in [5, 5.41) is 9.34. The molecule has 0 spiro atoms. The van der Waals surface area contributed by atoms with Gasteiger partial charge >= 0.3 is 5.97 Å². The van der Waals surface area contributed by atoms with E-state index in [1.807, 2.05) is 55.5 Å². The Morgan fingerprint density at radius 2 is 1.76 bits per heavy atom. The molecule has 0 amide bonds. The van der Waals surface area contributed by atoms with Gasteiger partial charge in [-0.3, -0.25) is 4.72 Å². The minimum absolute atomic E-state index is 0.0283. The second-order valence-electron chi connectivity index (χ2n) is 10.4. The number of hydrogen-bond donors (Lipinski definition) is 3. The monoisotopic (exact) mass is 588 g/mol. The second kappa shape index (κ2) is 14.7. The molecule has 0 radical (unpaired) electrons. The van der Waals surface area contributed by atoms with Gasteiger partial charge in [0.1, 0.15) is 6.61 Å². The van der Waals surface area contributed by atoms with Crippen molar-refractivity contribution in [3.8, 4) is 17.1 Å². The topological polar surface area (TPSA) is 137 Å². The zero-order valence-electron chi connectivity index (χ0n) is 23.9. The Hall–Kier alpha value is -4.12. The van der Waals surface area contributed by atoms with Crippen LogP contribution < -0.4 is 15.2 Å². The fraction of sp³-hybridized carbons (Fsp3) is 0.281. The Bertz CT molecular complexity index is 1530. The van der Waals surface area contributed by atoms with Crippen molar-refractivity contribution in [1.82, 2.24) is 9.97 Å². The van der Waals surface area contributed by atoms with E-state index in [-0.39, 0.29) is 34.9 Å². The second-order valence-corrected chi connectivity index (χ2v) is 11.6. The normalized spacial score (nSPS) is 12.6. The summed E-state index contributed by atoms with van der Waals surface area (Å²) in [6.07, 6.45) is 0.785. The van der Waals surface area contributed by atoms with Gasteiger partial charge in [-0.05, 0) is 54.2 Å². The van der Waals surface area contributed by atoms with Crippen LogP contribution in [0.2, 0.25) is 0 Å². The van der Waals surface area contributed by atoms with E-state index in [2.05, 4.69) is 23.6 Å². The van der Waals surface area contributed by atoms with Crippen molar-refractivity contribution in [2.75, 3.05) is 11.3 Å². The third-order valence-corrected chi connectivity index (χ3v) is 7.44. The summed E-state index contributed by atoms with van der Waals surface area (Å²) in [4.78, 5) is 20.8. The van der Waals surface area contributed by atoms with Crippen molar-refractivity contribution in [1.29, 1.82) is 0 Å². The number of nitrogens with two attached hydrogens (primary N) is 1. The molecule has 42 heavy (non-hydrogen) atoms. The van der Waals surface area contributed by atoms with Gasteiger partial charge in [0.2, 0.25) is 11.8 Å². The minimum atomic E-state index is -1.83. The summed E-state index contributed by atoms with van der Waals surface area (Å²) in [5.74, 6) is -0.353. The molecule has 0 aliphatic carbocycles. The summed E-state index contributed by atoms with van der Waals surface area (Å²) >= 11 is 0. The summed E-state index contributed by atoms with van der Waals surface area (Å²) < 4.78 is 28.1. The van der Waals surface area contributed by atoms with Gasteiger partial charge in [0.05, 0.1) is 29.4 Å². The molecular formula is C32H36N4O5S. The largest absolute Gasteiger partial charge is 0.478 e. The molecule has 1 heterocycles. The number of benzene rings is 3. The zero-order valence-corrected chi connectivity index (χ0v) is 24.8. The van der Waals surface area contributed by atoms with E-state index in [1.54, 1.807) is 12.1 Å². The molecule has 220 valence electrons. The van der Waals surface area contributed by atoms with E-state index in [0.717, 1.165) is 28.7 Å². The van der Waals surface area contributed by atoms with Crippen molar-refractivity contribution >= 4 is 22.9 Å². The lowest BCUT2D eigenvalue weighted by Gasteiger charge is -2.17. The Morgan fingerprint density at radius 1 is 1.00 bits per heavy atom. The lowest BCUT2D eigenvalue weighted by Crippen LogP contribution is -2.29. The van der Waals surface area contributed by atoms with Gasteiger partial charge in [-0.1, -0.05) is 68.4 Å². The van der Waals surface area contributed by atoms with Crippen molar-refractivity contribution in [3.63, 3.8) is 0 Å². The fourth-order valence-corrected chi connectivity index (χ4v) is 5.30. The molecule has 10 heteroatoms. The number of hydrogen-bond acceptors (Lipinski definition) is 7. The molecule has 0 saturated heterocycles. The molecule has 9 nitrogen and oxygen atoms in total. The Morgan fingerprint density at radius 3 is 2.50 bits per heavy atom. The fourth-order valence-electron chi connectivity index (χ4n) is 4.49.